The van der Waals surface area contributed by atoms with Gasteiger partial charge in [0.25, 0.3) is 0 Å². The summed E-state index contributed by atoms with van der Waals surface area (Å²) in [5, 5.41) is 27.9. The Balaban J connectivity index is 1.16. The third-order valence-corrected chi connectivity index (χ3v) is 16.1. The molecule has 0 bridgehead atoms. The Morgan fingerprint density at radius 1 is 0.447 bits per heavy atom. The van der Waals surface area contributed by atoms with E-state index in [2.05, 4.69) is 5.32 Å². The number of nitrogens with two attached hydrogens (primary N) is 1. The predicted molar refractivity (Wildman–Crippen MR) is 323 cm³/mol. The van der Waals surface area contributed by atoms with E-state index >= 15 is 14.4 Å². The average molecular weight is 1160 g/mol. The van der Waals surface area contributed by atoms with Crippen molar-refractivity contribution in [2.24, 2.45) is 5.73 Å². The van der Waals surface area contributed by atoms with E-state index in [1.165, 1.54) is 39.5 Å². The van der Waals surface area contributed by atoms with Crippen LogP contribution in [0.1, 0.15) is 102 Å². The molecule has 2 fully saturated rings. The third kappa shape index (κ3) is 18.6. The van der Waals surface area contributed by atoms with Gasteiger partial charge < -0.3 is 50.9 Å². The van der Waals surface area contributed by atoms with Crippen molar-refractivity contribution in [3.63, 3.8) is 0 Å². The van der Waals surface area contributed by atoms with Gasteiger partial charge in [0.15, 0.2) is 0 Å². The summed E-state index contributed by atoms with van der Waals surface area (Å²) in [6, 6.07) is 45.1. The van der Waals surface area contributed by atoms with Gasteiger partial charge in [-0.2, -0.15) is 10.1 Å². The van der Waals surface area contributed by atoms with Crippen LogP contribution in [0, 0.1) is 0 Å². The lowest BCUT2D eigenvalue weighted by Gasteiger charge is -2.53. The highest BCUT2D eigenvalue weighted by molar-refractivity contribution is 5.93. The van der Waals surface area contributed by atoms with Crippen molar-refractivity contribution in [3.05, 3.63) is 179 Å². The highest BCUT2D eigenvalue weighted by Gasteiger charge is 2.48. The highest BCUT2D eigenvalue weighted by atomic mass is 16.5. The molecule has 5 aromatic rings. The average Bonchev–Trinajstić information content (AvgIpc) is 1.52. The zero-order chi connectivity index (χ0) is 61.5. The van der Waals surface area contributed by atoms with E-state index in [4.69, 9.17) is 5.73 Å². The zero-order valence-electron chi connectivity index (χ0n) is 50.4. The number of piperidine rings is 2. The minimum Gasteiger partial charge on any atom is -0.368 e. The van der Waals surface area contributed by atoms with Crippen molar-refractivity contribution < 1.29 is 44.0 Å². The second-order valence-corrected chi connectivity index (χ2v) is 24.7. The molecule has 2 saturated heterocycles. The molecule has 2 heterocycles. The van der Waals surface area contributed by atoms with E-state index in [-0.39, 0.29) is 63.8 Å². The molecule has 2 aliphatic rings. The lowest BCUT2D eigenvalue weighted by molar-refractivity contribution is -0.251. The maximum Gasteiger partial charge on any atom is 0.242 e. The van der Waals surface area contributed by atoms with Gasteiger partial charge in [-0.3, -0.25) is 33.6 Å². The maximum absolute atomic E-state index is 15.2. The first kappa shape index (κ1) is 64.7. The number of carbonyl (C=O) groups is 7. The van der Waals surface area contributed by atoms with Gasteiger partial charge in [0.05, 0.1) is 13.1 Å². The summed E-state index contributed by atoms with van der Waals surface area (Å²) in [6.07, 6.45) is 1.81. The molecule has 0 radical (unpaired) electrons. The molecule has 5 aromatic carbocycles. The summed E-state index contributed by atoms with van der Waals surface area (Å²) in [4.78, 5) is 110. The molecule has 2 aliphatic heterocycles. The van der Waals surface area contributed by atoms with E-state index in [0.717, 1.165) is 11.1 Å². The Labute approximate surface area is 500 Å². The van der Waals surface area contributed by atoms with Gasteiger partial charge in [-0.1, -0.05) is 152 Å². The third-order valence-electron chi connectivity index (χ3n) is 16.1. The van der Waals surface area contributed by atoms with Gasteiger partial charge in [0.1, 0.15) is 32.7 Å². The molecule has 19 heteroatoms. The highest BCUT2D eigenvalue weighted by Crippen LogP contribution is 2.39. The summed E-state index contributed by atoms with van der Waals surface area (Å²) in [5.41, 5.74) is 7.32. The van der Waals surface area contributed by atoms with E-state index in [9.17, 15) is 29.6 Å². The number of hydrogen-bond donors (Lipinski definition) is 4. The summed E-state index contributed by atoms with van der Waals surface area (Å²) in [6.45, 7) is 10.5. The summed E-state index contributed by atoms with van der Waals surface area (Å²) < 4.78 is 0. The SMILES string of the molecule is CC1CC(NCC(=O)N(CC(=O)N(CC(=O)N(CC(=O)N(CC(=O)N(CC(=O)N(CC(N)=O)C2CC(C)(C)N(O)C(C)(C)C2)Cc2ccccc2)Cc2ccccc2)Cc2ccccc2)Cc2ccccc2)Cc2ccccc2)CC(C)(C)N1O. The van der Waals surface area contributed by atoms with Crippen LogP contribution in [0.3, 0.4) is 0 Å². The van der Waals surface area contributed by atoms with E-state index in [1.807, 2.05) is 200 Å². The molecule has 5 N–H and O–H groups in total. The van der Waals surface area contributed by atoms with Crippen LogP contribution in [0.15, 0.2) is 152 Å². The van der Waals surface area contributed by atoms with Crippen molar-refractivity contribution >= 4 is 41.4 Å². The number of amides is 7. The maximum atomic E-state index is 15.2. The predicted octanol–water partition coefficient (Wildman–Crippen LogP) is 6.47. The Morgan fingerprint density at radius 2 is 0.741 bits per heavy atom. The largest absolute Gasteiger partial charge is 0.368 e. The fourth-order valence-electron chi connectivity index (χ4n) is 11.9. The van der Waals surface area contributed by atoms with Gasteiger partial charge >= 0.3 is 0 Å². The van der Waals surface area contributed by atoms with E-state index in [1.54, 1.807) is 0 Å². The quantitative estimate of drug-likeness (QED) is 0.0468. The molecular weight excluding hydrogens is 1080 g/mol. The number of nitrogens with one attached hydrogen (secondary N) is 1. The van der Waals surface area contributed by atoms with Crippen molar-refractivity contribution in [2.75, 3.05) is 45.8 Å². The van der Waals surface area contributed by atoms with Gasteiger partial charge in [-0.25, -0.2) is 0 Å². The van der Waals surface area contributed by atoms with Crippen LogP contribution in [-0.2, 0) is 66.3 Å². The Morgan fingerprint density at radius 3 is 1.04 bits per heavy atom. The van der Waals surface area contributed by atoms with Crippen LogP contribution < -0.4 is 11.1 Å². The van der Waals surface area contributed by atoms with Crippen LogP contribution in [-0.4, -0.2) is 172 Å². The Hall–Kier alpha value is -7.81. The van der Waals surface area contributed by atoms with Crippen molar-refractivity contribution in [3.8, 4) is 0 Å². The fourth-order valence-corrected chi connectivity index (χ4v) is 11.9. The van der Waals surface area contributed by atoms with Crippen molar-refractivity contribution in [1.29, 1.82) is 0 Å². The van der Waals surface area contributed by atoms with Crippen molar-refractivity contribution in [2.45, 2.75) is 142 Å². The van der Waals surface area contributed by atoms with Crippen LogP contribution in [0.2, 0.25) is 0 Å². The molecular formula is C66H86N10O9. The molecule has 7 amide bonds. The molecule has 0 aliphatic carbocycles. The number of primary amides is 1. The molecule has 0 aromatic heterocycles. The van der Waals surface area contributed by atoms with Crippen LogP contribution in [0.4, 0.5) is 0 Å². The minimum atomic E-state index is -0.786. The number of hydrogen-bond acceptors (Lipinski definition) is 12. The molecule has 85 heavy (non-hydrogen) atoms. The van der Waals surface area contributed by atoms with E-state index in [0.29, 0.717) is 42.4 Å². The lowest BCUT2D eigenvalue weighted by Crippen LogP contribution is -2.64. The molecule has 2 unspecified atom stereocenters. The van der Waals surface area contributed by atoms with Crippen molar-refractivity contribution in [1.82, 2.24) is 44.8 Å². The number of benzene rings is 5. The Kier molecular flexibility index (Phi) is 22.3. The van der Waals surface area contributed by atoms with Gasteiger partial charge in [-0.05, 0) is 102 Å². The Bertz CT molecular complexity index is 3010. The normalized spacial score (nSPS) is 17.5. The summed E-state index contributed by atoms with van der Waals surface area (Å²) in [7, 11) is 0. The fraction of sp³-hybridized carbons (Fsp3) is 0.439. The first-order chi connectivity index (χ1) is 40.4. The number of rotatable bonds is 26. The molecule has 454 valence electrons. The molecule has 0 saturated carbocycles. The number of nitrogens with zero attached hydrogens (tertiary/aromatic N) is 8. The van der Waals surface area contributed by atoms with E-state index < -0.39 is 90.8 Å². The monoisotopic (exact) mass is 1160 g/mol. The van der Waals surface area contributed by atoms with Gasteiger partial charge in [0.2, 0.25) is 41.4 Å². The zero-order valence-corrected chi connectivity index (χ0v) is 50.4. The van der Waals surface area contributed by atoms with Gasteiger partial charge in [0, 0.05) is 67.5 Å². The molecule has 7 rings (SSSR count). The topological polar surface area (TPSA) is 224 Å². The second-order valence-electron chi connectivity index (χ2n) is 24.7. The molecule has 0 spiro atoms. The molecule has 19 nitrogen and oxygen atoms in total. The number of carbonyl (C=O) groups excluding carboxylic acids is 7. The first-order valence-electron chi connectivity index (χ1n) is 29.2. The summed E-state index contributed by atoms with van der Waals surface area (Å²) in [5.74, 6) is -3.83. The lowest BCUT2D eigenvalue weighted by atomic mass is 9.78. The standard InChI is InChI=1S/C66H86N10O9/c1-49-33-55(34-64(2,3)75(49)84)68-37-58(78)69(38-50-23-13-8-14-24-50)44-59(79)70(39-51-25-15-9-16-26-51)45-60(80)71(40-52-27-17-10-18-28-52)46-61(81)72(41-53-29-19-11-20-30-53)47-62(82)73(42-54-31-21-12-22-32-54)48-63(83)74(43-57(67)77)56-35-65(4,5)76(85)66(6,7)36-56/h8-32,49,55-56,68,84-85H,33-48H2,1-7H3,(H2,67,77). The van der Waals surface area contributed by atoms with Crippen LogP contribution >= 0.6 is 0 Å². The first-order valence-corrected chi connectivity index (χ1v) is 29.2. The van der Waals surface area contributed by atoms with Gasteiger partial charge in [-0.15, -0.1) is 0 Å². The molecule has 2 atom stereocenters. The second kappa shape index (κ2) is 29.3. The smallest absolute Gasteiger partial charge is 0.242 e. The minimum absolute atomic E-state index is 0.00841. The van der Waals surface area contributed by atoms with Crippen LogP contribution in [0.5, 0.6) is 0 Å². The number of hydroxylamine groups is 4. The summed E-state index contributed by atoms with van der Waals surface area (Å²) >= 11 is 0. The van der Waals surface area contributed by atoms with Crippen LogP contribution in [0.25, 0.3) is 0 Å².